The molecule has 0 spiro atoms. The number of nitro benzene ring substituents is 1. The number of hydrogen-bond donors (Lipinski definition) is 3. The van der Waals surface area contributed by atoms with Gasteiger partial charge in [-0.3, -0.25) is 19.7 Å². The zero-order valence-electron chi connectivity index (χ0n) is 16.9. The van der Waals surface area contributed by atoms with E-state index in [0.29, 0.717) is 29.9 Å². The minimum atomic E-state index is -0.456. The Morgan fingerprint density at radius 2 is 1.58 bits per heavy atom. The minimum absolute atomic E-state index is 0.0217. The number of nitrogens with zero attached hydrogens (tertiary/aromatic N) is 1. The summed E-state index contributed by atoms with van der Waals surface area (Å²) in [6.07, 6.45) is 0. The van der Waals surface area contributed by atoms with Gasteiger partial charge in [0.25, 0.3) is 17.5 Å². The molecule has 0 radical (unpaired) electrons. The molecule has 0 fully saturated rings. The number of anilines is 2. The topological polar surface area (TPSA) is 113 Å². The van der Waals surface area contributed by atoms with E-state index >= 15 is 0 Å². The van der Waals surface area contributed by atoms with Gasteiger partial charge in [0.2, 0.25) is 0 Å². The molecular weight excluding hydrogens is 396 g/mol. The number of rotatable bonds is 8. The minimum Gasteiger partial charge on any atom is -0.383 e. The molecule has 0 aliphatic heterocycles. The first-order valence-electron chi connectivity index (χ1n) is 9.67. The van der Waals surface area contributed by atoms with Crippen molar-refractivity contribution in [3.8, 4) is 0 Å². The summed E-state index contributed by atoms with van der Waals surface area (Å²) >= 11 is 0. The Balaban J connectivity index is 1.53. The first-order valence-corrected chi connectivity index (χ1v) is 9.67. The summed E-state index contributed by atoms with van der Waals surface area (Å²) in [4.78, 5) is 35.1. The predicted molar refractivity (Wildman–Crippen MR) is 119 cm³/mol. The number of hydrogen-bond acceptors (Lipinski definition) is 5. The quantitative estimate of drug-likeness (QED) is 0.291. The first kappa shape index (κ1) is 21.5. The summed E-state index contributed by atoms with van der Waals surface area (Å²) in [7, 11) is 0. The lowest BCUT2D eigenvalue weighted by Crippen LogP contribution is -2.28. The number of amides is 2. The largest absolute Gasteiger partial charge is 0.383 e. The molecule has 0 saturated heterocycles. The average molecular weight is 418 g/mol. The van der Waals surface area contributed by atoms with Crippen molar-refractivity contribution in [2.75, 3.05) is 23.7 Å². The van der Waals surface area contributed by atoms with E-state index in [4.69, 9.17) is 0 Å². The third-order valence-corrected chi connectivity index (χ3v) is 4.60. The lowest BCUT2D eigenvalue weighted by Gasteiger charge is -2.12. The number of nitrogens with one attached hydrogen (secondary N) is 3. The Labute approximate surface area is 179 Å². The number of carbonyl (C=O) groups excluding carboxylic acids is 2. The highest BCUT2D eigenvalue weighted by Crippen LogP contribution is 2.18. The summed E-state index contributed by atoms with van der Waals surface area (Å²) in [6, 6.07) is 20.0. The molecule has 31 heavy (non-hydrogen) atoms. The first-order chi connectivity index (χ1) is 14.9. The van der Waals surface area contributed by atoms with E-state index in [1.807, 2.05) is 13.0 Å². The van der Waals surface area contributed by atoms with E-state index in [-0.39, 0.29) is 17.5 Å². The van der Waals surface area contributed by atoms with E-state index < -0.39 is 4.92 Å². The molecule has 0 bridgehead atoms. The SMILES string of the molecule is Cc1ccc(C(=O)NCCNc2ccc([N+](=O)[O-])cc2)cc1NC(=O)c1ccccc1. The Morgan fingerprint density at radius 3 is 2.26 bits per heavy atom. The maximum absolute atomic E-state index is 12.5. The summed E-state index contributed by atoms with van der Waals surface area (Å²) in [5.41, 5.74) is 3.14. The van der Waals surface area contributed by atoms with Gasteiger partial charge in [-0.2, -0.15) is 0 Å². The molecule has 0 saturated carbocycles. The van der Waals surface area contributed by atoms with Crippen molar-refractivity contribution in [1.29, 1.82) is 0 Å². The average Bonchev–Trinajstić information content (AvgIpc) is 2.79. The zero-order valence-corrected chi connectivity index (χ0v) is 16.9. The van der Waals surface area contributed by atoms with Crippen LogP contribution in [0.1, 0.15) is 26.3 Å². The van der Waals surface area contributed by atoms with Crippen LogP contribution in [0, 0.1) is 17.0 Å². The fourth-order valence-electron chi connectivity index (χ4n) is 2.87. The molecule has 8 heteroatoms. The van der Waals surface area contributed by atoms with Crippen LogP contribution in [-0.4, -0.2) is 29.8 Å². The lowest BCUT2D eigenvalue weighted by atomic mass is 10.1. The standard InChI is InChI=1S/C23H22N4O4/c1-16-7-8-18(15-21(16)26-23(29)17-5-3-2-4-6-17)22(28)25-14-13-24-19-9-11-20(12-10-19)27(30)31/h2-12,15,24H,13-14H2,1H3,(H,25,28)(H,26,29). The van der Waals surface area contributed by atoms with E-state index in [1.165, 1.54) is 12.1 Å². The van der Waals surface area contributed by atoms with Crippen molar-refractivity contribution in [2.45, 2.75) is 6.92 Å². The molecule has 2 amide bonds. The molecule has 0 aliphatic carbocycles. The number of carbonyl (C=O) groups is 2. The van der Waals surface area contributed by atoms with E-state index in [0.717, 1.165) is 11.3 Å². The third kappa shape index (κ3) is 5.89. The zero-order chi connectivity index (χ0) is 22.2. The predicted octanol–water partition coefficient (Wildman–Crippen LogP) is 4.00. The molecule has 0 aromatic heterocycles. The Bertz CT molecular complexity index is 1080. The van der Waals surface area contributed by atoms with Gasteiger partial charge in [-0.25, -0.2) is 0 Å². The second-order valence-corrected chi connectivity index (χ2v) is 6.84. The van der Waals surface area contributed by atoms with Crippen LogP contribution in [0.2, 0.25) is 0 Å². The lowest BCUT2D eigenvalue weighted by molar-refractivity contribution is -0.384. The van der Waals surface area contributed by atoms with Gasteiger partial charge in [0.05, 0.1) is 4.92 Å². The smallest absolute Gasteiger partial charge is 0.269 e. The third-order valence-electron chi connectivity index (χ3n) is 4.60. The van der Waals surface area contributed by atoms with Crippen LogP contribution in [0.15, 0.2) is 72.8 Å². The van der Waals surface area contributed by atoms with E-state index in [2.05, 4.69) is 16.0 Å². The highest BCUT2D eigenvalue weighted by molar-refractivity contribution is 6.05. The molecule has 158 valence electrons. The van der Waals surface area contributed by atoms with Crippen LogP contribution in [-0.2, 0) is 0 Å². The molecule has 8 nitrogen and oxygen atoms in total. The summed E-state index contributed by atoms with van der Waals surface area (Å²) in [5.74, 6) is -0.505. The van der Waals surface area contributed by atoms with Gasteiger partial charge in [0.15, 0.2) is 0 Å². The van der Waals surface area contributed by atoms with Crippen LogP contribution in [0.4, 0.5) is 17.1 Å². The highest BCUT2D eigenvalue weighted by atomic mass is 16.6. The normalized spacial score (nSPS) is 10.2. The number of nitro groups is 1. The monoisotopic (exact) mass is 418 g/mol. The number of non-ortho nitro benzene ring substituents is 1. The second kappa shape index (κ2) is 10.0. The second-order valence-electron chi connectivity index (χ2n) is 6.84. The van der Waals surface area contributed by atoms with Crippen LogP contribution in [0.3, 0.4) is 0 Å². The number of benzene rings is 3. The Kier molecular flexibility index (Phi) is 6.95. The maximum Gasteiger partial charge on any atom is 0.269 e. The van der Waals surface area contributed by atoms with Gasteiger partial charge in [0, 0.05) is 47.7 Å². The molecule has 0 atom stereocenters. The molecule has 3 N–H and O–H groups in total. The van der Waals surface area contributed by atoms with Gasteiger partial charge in [-0.1, -0.05) is 24.3 Å². The maximum atomic E-state index is 12.5. The van der Waals surface area contributed by atoms with Crippen molar-refractivity contribution < 1.29 is 14.5 Å². The fourth-order valence-corrected chi connectivity index (χ4v) is 2.87. The van der Waals surface area contributed by atoms with Gasteiger partial charge >= 0.3 is 0 Å². The van der Waals surface area contributed by atoms with Crippen molar-refractivity contribution in [1.82, 2.24) is 5.32 Å². The molecule has 3 aromatic carbocycles. The van der Waals surface area contributed by atoms with Gasteiger partial charge in [0.1, 0.15) is 0 Å². The van der Waals surface area contributed by atoms with Gasteiger partial charge in [-0.05, 0) is 48.9 Å². The fraction of sp³-hybridized carbons (Fsp3) is 0.130. The van der Waals surface area contributed by atoms with Crippen LogP contribution < -0.4 is 16.0 Å². The highest BCUT2D eigenvalue weighted by Gasteiger charge is 2.11. The van der Waals surface area contributed by atoms with Crippen LogP contribution in [0.5, 0.6) is 0 Å². The summed E-state index contributed by atoms with van der Waals surface area (Å²) < 4.78 is 0. The molecule has 0 aliphatic rings. The molecule has 0 heterocycles. The Hall–Kier alpha value is -4.20. The van der Waals surface area contributed by atoms with Crippen LogP contribution >= 0.6 is 0 Å². The molecule has 3 aromatic rings. The summed E-state index contributed by atoms with van der Waals surface area (Å²) in [6.45, 7) is 2.67. The van der Waals surface area contributed by atoms with Gasteiger partial charge in [-0.15, -0.1) is 0 Å². The molecular formula is C23H22N4O4. The van der Waals surface area contributed by atoms with Crippen molar-refractivity contribution >= 4 is 28.9 Å². The van der Waals surface area contributed by atoms with Crippen molar-refractivity contribution in [3.63, 3.8) is 0 Å². The van der Waals surface area contributed by atoms with E-state index in [1.54, 1.807) is 54.6 Å². The van der Waals surface area contributed by atoms with Crippen molar-refractivity contribution in [2.24, 2.45) is 0 Å². The Morgan fingerprint density at radius 1 is 0.871 bits per heavy atom. The van der Waals surface area contributed by atoms with E-state index in [9.17, 15) is 19.7 Å². The molecule has 0 unspecified atom stereocenters. The molecule has 3 rings (SSSR count). The van der Waals surface area contributed by atoms with Crippen LogP contribution in [0.25, 0.3) is 0 Å². The van der Waals surface area contributed by atoms with Crippen molar-refractivity contribution in [3.05, 3.63) is 99.6 Å². The summed E-state index contributed by atoms with van der Waals surface area (Å²) in [5, 5.41) is 19.4. The van der Waals surface area contributed by atoms with Gasteiger partial charge < -0.3 is 16.0 Å². The number of aryl methyl sites for hydroxylation is 1.